The van der Waals surface area contributed by atoms with Gasteiger partial charge in [0, 0.05) is 14.1 Å². The zero-order valence-electron chi connectivity index (χ0n) is 14.8. The molecule has 1 aromatic carbocycles. The number of amidine groups is 1. The standard InChI is InChI=1S/C14H11Cl2F6N5O2S/c1-26(2)12-10(30(29)14(20,21)22)8(11(23)25-28)24-27(12)9-6(15)3-5(4-7(9)16)13(17,18)19/h3-4,28H,1-2H3,(H2,23,25). The zero-order valence-corrected chi connectivity index (χ0v) is 17.1. The summed E-state index contributed by atoms with van der Waals surface area (Å²) in [4.78, 5) is 0.0274. The Morgan fingerprint density at radius 3 is 2.07 bits per heavy atom. The molecule has 0 bridgehead atoms. The van der Waals surface area contributed by atoms with Gasteiger partial charge in [-0.3, -0.25) is 0 Å². The highest BCUT2D eigenvalue weighted by Gasteiger charge is 2.44. The summed E-state index contributed by atoms with van der Waals surface area (Å²) in [7, 11) is -1.23. The van der Waals surface area contributed by atoms with Crippen molar-refractivity contribution in [1.82, 2.24) is 9.78 Å². The monoisotopic (exact) mass is 497 g/mol. The molecule has 16 heteroatoms. The number of hydrogen-bond donors (Lipinski definition) is 2. The number of alkyl halides is 6. The van der Waals surface area contributed by atoms with Crippen LogP contribution in [-0.4, -0.2) is 44.6 Å². The highest BCUT2D eigenvalue weighted by Crippen LogP contribution is 2.41. The number of halogens is 8. The first kappa shape index (κ1) is 24.1. The molecule has 0 amide bonds. The lowest BCUT2D eigenvalue weighted by atomic mass is 10.2. The van der Waals surface area contributed by atoms with E-state index in [1.807, 2.05) is 0 Å². The molecule has 1 unspecified atom stereocenters. The number of aromatic nitrogens is 2. The zero-order chi connectivity index (χ0) is 23.2. The van der Waals surface area contributed by atoms with Crippen molar-refractivity contribution in [2.24, 2.45) is 10.9 Å². The fourth-order valence-corrected chi connectivity index (χ4v) is 4.01. The predicted molar refractivity (Wildman–Crippen MR) is 97.9 cm³/mol. The lowest BCUT2D eigenvalue weighted by Crippen LogP contribution is -2.23. The van der Waals surface area contributed by atoms with Crippen LogP contribution in [0.25, 0.3) is 5.69 Å². The number of benzene rings is 1. The van der Waals surface area contributed by atoms with Gasteiger partial charge < -0.3 is 15.8 Å². The van der Waals surface area contributed by atoms with E-state index in [9.17, 15) is 30.6 Å². The number of oxime groups is 1. The van der Waals surface area contributed by atoms with Gasteiger partial charge in [-0.2, -0.15) is 31.4 Å². The largest absolute Gasteiger partial charge is 0.476 e. The van der Waals surface area contributed by atoms with Crippen LogP contribution in [0.1, 0.15) is 11.3 Å². The molecule has 2 aromatic rings. The summed E-state index contributed by atoms with van der Waals surface area (Å²) in [6, 6.07) is 0.987. The Morgan fingerprint density at radius 2 is 1.70 bits per heavy atom. The van der Waals surface area contributed by atoms with Gasteiger partial charge in [0.1, 0.15) is 22.1 Å². The minimum absolute atomic E-state index is 0.438. The minimum Gasteiger partial charge on any atom is -0.409 e. The Bertz CT molecular complexity index is 1010. The van der Waals surface area contributed by atoms with Gasteiger partial charge >= 0.3 is 11.7 Å². The Hall–Kier alpha value is -2.19. The van der Waals surface area contributed by atoms with Gasteiger partial charge in [0.05, 0.1) is 15.6 Å². The van der Waals surface area contributed by atoms with E-state index in [1.165, 1.54) is 14.1 Å². The second kappa shape index (κ2) is 8.15. The summed E-state index contributed by atoms with van der Waals surface area (Å²) < 4.78 is 91.3. The van der Waals surface area contributed by atoms with Crippen LogP contribution in [0.15, 0.2) is 22.2 Å². The van der Waals surface area contributed by atoms with E-state index < -0.39 is 66.0 Å². The number of rotatable bonds is 4. The maximum Gasteiger partial charge on any atom is 0.476 e. The first-order chi connectivity index (χ1) is 13.6. The first-order valence-electron chi connectivity index (χ1n) is 7.44. The highest BCUT2D eigenvalue weighted by molar-refractivity contribution is 7.86. The molecule has 0 aliphatic carbocycles. The average Bonchev–Trinajstić information content (AvgIpc) is 2.98. The van der Waals surface area contributed by atoms with Crippen molar-refractivity contribution in [2.75, 3.05) is 19.0 Å². The van der Waals surface area contributed by atoms with E-state index >= 15 is 0 Å². The van der Waals surface area contributed by atoms with Crippen molar-refractivity contribution < 1.29 is 35.8 Å². The number of nitrogens with zero attached hydrogens (tertiary/aromatic N) is 4. The fourth-order valence-electron chi connectivity index (χ4n) is 2.38. The van der Waals surface area contributed by atoms with E-state index in [2.05, 4.69) is 10.3 Å². The first-order valence-corrected chi connectivity index (χ1v) is 9.35. The van der Waals surface area contributed by atoms with Crippen molar-refractivity contribution in [2.45, 2.75) is 16.6 Å². The van der Waals surface area contributed by atoms with Crippen LogP contribution in [0.3, 0.4) is 0 Å². The average molecular weight is 498 g/mol. The molecule has 30 heavy (non-hydrogen) atoms. The van der Waals surface area contributed by atoms with Crippen LogP contribution in [0.4, 0.5) is 32.2 Å². The normalized spacial score (nSPS) is 14.1. The second-order valence-corrected chi connectivity index (χ2v) is 8.02. The molecule has 0 spiro atoms. The topological polar surface area (TPSA) is 96.7 Å². The molecule has 0 saturated carbocycles. The molecule has 0 saturated heterocycles. The molecule has 2 rings (SSSR count). The number of hydrogen-bond acceptors (Lipinski definition) is 5. The third-order valence-corrected chi connectivity index (χ3v) is 5.29. The van der Waals surface area contributed by atoms with Crippen LogP contribution in [0.5, 0.6) is 0 Å². The number of anilines is 1. The summed E-state index contributed by atoms with van der Waals surface area (Å²) in [5, 5.41) is 14.0. The van der Waals surface area contributed by atoms with Gasteiger partial charge in [-0.25, -0.2) is 8.89 Å². The summed E-state index contributed by atoms with van der Waals surface area (Å²) in [5.74, 6) is -1.44. The van der Waals surface area contributed by atoms with Crippen molar-refractivity contribution in [1.29, 1.82) is 0 Å². The molecule has 1 aromatic heterocycles. The molecule has 3 N–H and O–H groups in total. The molecule has 0 aliphatic heterocycles. The number of nitrogens with two attached hydrogens (primary N) is 1. The van der Waals surface area contributed by atoms with Gasteiger partial charge in [0.2, 0.25) is 0 Å². The van der Waals surface area contributed by atoms with Crippen LogP contribution in [0.2, 0.25) is 10.0 Å². The van der Waals surface area contributed by atoms with E-state index in [4.69, 9.17) is 34.1 Å². The third-order valence-electron chi connectivity index (χ3n) is 3.54. The van der Waals surface area contributed by atoms with Gasteiger partial charge in [0.25, 0.3) is 0 Å². The minimum atomic E-state index is -5.27. The third kappa shape index (κ3) is 4.44. The second-order valence-electron chi connectivity index (χ2n) is 5.79. The van der Waals surface area contributed by atoms with Crippen LogP contribution in [-0.2, 0) is 17.0 Å². The molecule has 0 fully saturated rings. The summed E-state index contributed by atoms with van der Waals surface area (Å²) in [5.41, 5.74) is -2.36. The maximum atomic E-state index is 13.2. The van der Waals surface area contributed by atoms with Gasteiger partial charge in [-0.15, -0.1) is 0 Å². The molecular weight excluding hydrogens is 487 g/mol. The lowest BCUT2D eigenvalue weighted by molar-refractivity contribution is -0.137. The van der Waals surface area contributed by atoms with Gasteiger partial charge in [-0.05, 0) is 12.1 Å². The molecule has 7 nitrogen and oxygen atoms in total. The summed E-state index contributed by atoms with van der Waals surface area (Å²) >= 11 is 11.8. The maximum absolute atomic E-state index is 13.2. The smallest absolute Gasteiger partial charge is 0.409 e. The Kier molecular flexibility index (Phi) is 6.54. The van der Waals surface area contributed by atoms with E-state index in [0.717, 1.165) is 4.90 Å². The van der Waals surface area contributed by atoms with Crippen molar-refractivity contribution in [3.63, 3.8) is 0 Å². The molecular formula is C14H11Cl2F6N5O2S. The Morgan fingerprint density at radius 1 is 1.20 bits per heavy atom. The van der Waals surface area contributed by atoms with Gasteiger partial charge in [-0.1, -0.05) is 28.4 Å². The SMILES string of the molecule is CN(C)c1c(S(=O)C(F)(F)F)c(C(N)=NO)nn1-c1c(Cl)cc(C(F)(F)F)cc1Cl. The molecule has 0 radical (unpaired) electrons. The van der Waals surface area contributed by atoms with E-state index in [1.54, 1.807) is 0 Å². The van der Waals surface area contributed by atoms with Crippen LogP contribution >= 0.6 is 23.2 Å². The summed E-state index contributed by atoms with van der Waals surface area (Å²) in [6.07, 6.45) is -4.80. The van der Waals surface area contributed by atoms with E-state index in [0.29, 0.717) is 16.8 Å². The fraction of sp³-hybridized carbons (Fsp3) is 0.286. The molecule has 1 heterocycles. The van der Waals surface area contributed by atoms with Crippen molar-refractivity contribution in [3.8, 4) is 5.69 Å². The summed E-state index contributed by atoms with van der Waals surface area (Å²) in [6.45, 7) is 0. The van der Waals surface area contributed by atoms with Gasteiger partial charge in [0.15, 0.2) is 16.6 Å². The van der Waals surface area contributed by atoms with Crippen molar-refractivity contribution in [3.05, 3.63) is 33.4 Å². The van der Waals surface area contributed by atoms with E-state index in [-0.39, 0.29) is 0 Å². The van der Waals surface area contributed by atoms with Crippen LogP contribution in [0, 0.1) is 0 Å². The highest BCUT2D eigenvalue weighted by atomic mass is 35.5. The molecule has 1 atom stereocenters. The van der Waals surface area contributed by atoms with Crippen LogP contribution < -0.4 is 10.6 Å². The Labute approximate surface area is 177 Å². The molecule has 0 aliphatic rings. The van der Waals surface area contributed by atoms with Crippen molar-refractivity contribution >= 4 is 45.7 Å². The molecule has 166 valence electrons. The Balaban J connectivity index is 2.96. The predicted octanol–water partition coefficient (Wildman–Crippen LogP) is 3.99. The lowest BCUT2D eigenvalue weighted by Gasteiger charge is -2.19. The quantitative estimate of drug-likeness (QED) is 0.219.